The quantitative estimate of drug-likeness (QED) is 0.511. The number of aromatic amines is 1. The van der Waals surface area contributed by atoms with Crippen LogP contribution in [0.25, 0.3) is 22.4 Å². The van der Waals surface area contributed by atoms with E-state index in [0.29, 0.717) is 23.0 Å². The predicted octanol–water partition coefficient (Wildman–Crippen LogP) is 2.59. The number of imidazole rings is 1. The first-order valence-electron chi connectivity index (χ1n) is 8.93. The number of nitrogens with one attached hydrogen (secondary N) is 2. The first-order valence-corrected chi connectivity index (χ1v) is 10.8. The minimum absolute atomic E-state index is 0.199. The van der Waals surface area contributed by atoms with E-state index in [-0.39, 0.29) is 5.92 Å². The average molecular weight is 412 g/mol. The van der Waals surface area contributed by atoms with Crippen LogP contribution >= 0.6 is 0 Å². The van der Waals surface area contributed by atoms with Gasteiger partial charge in [0.25, 0.3) is 10.0 Å². The number of rotatable bonds is 5. The lowest BCUT2D eigenvalue weighted by Gasteiger charge is -2.10. The summed E-state index contributed by atoms with van der Waals surface area (Å²) < 4.78 is 24.1. The van der Waals surface area contributed by atoms with Gasteiger partial charge in [-0.15, -0.1) is 0 Å². The Kier molecular flexibility index (Phi) is 4.53. The van der Waals surface area contributed by atoms with Crippen LogP contribution in [-0.2, 0) is 10.0 Å². The van der Waals surface area contributed by atoms with Crippen molar-refractivity contribution in [2.45, 2.75) is 26.7 Å². The highest BCUT2D eigenvalue weighted by atomic mass is 32.2. The van der Waals surface area contributed by atoms with Gasteiger partial charge in [-0.1, -0.05) is 13.8 Å². The van der Waals surface area contributed by atoms with E-state index in [4.69, 9.17) is 4.98 Å². The van der Waals surface area contributed by atoms with Crippen LogP contribution in [0.5, 0.6) is 0 Å². The molecule has 0 aliphatic heterocycles. The standard InChI is InChI=1S/C18H20N8O2S/c1-10(2)16-17-13(21-11(3)22-17)7-15(24-16)23-14-5-6-19-18(25-14)12-8-20-26(9-12)29(4,27)28/h5-10H,1-4H3,(H,21,22)(H,19,23,24,25). The van der Waals surface area contributed by atoms with Gasteiger partial charge in [0.15, 0.2) is 5.82 Å². The summed E-state index contributed by atoms with van der Waals surface area (Å²) in [5.74, 6) is 2.53. The molecule has 4 aromatic rings. The second kappa shape index (κ2) is 6.92. The lowest BCUT2D eigenvalue weighted by molar-refractivity contribution is 0.586. The number of aromatic nitrogens is 7. The van der Waals surface area contributed by atoms with Gasteiger partial charge in [0.2, 0.25) is 0 Å². The van der Waals surface area contributed by atoms with Crippen LogP contribution in [0.1, 0.15) is 31.3 Å². The Labute approximate surface area is 167 Å². The third-order valence-corrected chi connectivity index (χ3v) is 5.11. The normalized spacial score (nSPS) is 12.0. The summed E-state index contributed by atoms with van der Waals surface area (Å²) in [5, 5.41) is 7.04. The highest BCUT2D eigenvalue weighted by Crippen LogP contribution is 2.26. The van der Waals surface area contributed by atoms with Crippen LogP contribution in [0.2, 0.25) is 0 Å². The fraction of sp³-hybridized carbons (Fsp3) is 0.278. The first-order chi connectivity index (χ1) is 13.7. The van der Waals surface area contributed by atoms with Crippen molar-refractivity contribution >= 4 is 32.7 Å². The van der Waals surface area contributed by atoms with Crippen LogP contribution in [0.15, 0.2) is 30.7 Å². The van der Waals surface area contributed by atoms with Gasteiger partial charge in [-0.05, 0) is 18.9 Å². The van der Waals surface area contributed by atoms with Crippen molar-refractivity contribution in [1.82, 2.24) is 34.1 Å². The number of anilines is 2. The van der Waals surface area contributed by atoms with Crippen molar-refractivity contribution in [2.24, 2.45) is 0 Å². The molecule has 0 amide bonds. The molecule has 0 aromatic carbocycles. The summed E-state index contributed by atoms with van der Waals surface area (Å²) in [6.07, 6.45) is 5.45. The molecule has 2 N–H and O–H groups in total. The zero-order valence-electron chi connectivity index (χ0n) is 16.4. The highest BCUT2D eigenvalue weighted by Gasteiger charge is 2.14. The molecule has 11 heteroatoms. The fourth-order valence-corrected chi connectivity index (χ4v) is 3.45. The summed E-state index contributed by atoms with van der Waals surface area (Å²) in [4.78, 5) is 21.1. The van der Waals surface area contributed by atoms with E-state index in [9.17, 15) is 8.42 Å². The Hall–Kier alpha value is -3.34. The zero-order valence-corrected chi connectivity index (χ0v) is 17.2. The summed E-state index contributed by atoms with van der Waals surface area (Å²) in [6.45, 7) is 6.04. The monoisotopic (exact) mass is 412 g/mol. The van der Waals surface area contributed by atoms with Crippen molar-refractivity contribution in [3.8, 4) is 11.4 Å². The third kappa shape index (κ3) is 3.81. The van der Waals surface area contributed by atoms with Crippen LogP contribution in [0.4, 0.5) is 11.6 Å². The lowest BCUT2D eigenvalue weighted by Crippen LogP contribution is -2.09. The number of fused-ring (bicyclic) bond motifs is 1. The zero-order chi connectivity index (χ0) is 20.8. The molecule has 29 heavy (non-hydrogen) atoms. The topological polar surface area (TPSA) is 131 Å². The van der Waals surface area contributed by atoms with Gasteiger partial charge in [0, 0.05) is 12.3 Å². The Morgan fingerprint density at radius 1 is 1.17 bits per heavy atom. The number of pyridine rings is 1. The van der Waals surface area contributed by atoms with E-state index < -0.39 is 10.0 Å². The van der Waals surface area contributed by atoms with Crippen LogP contribution < -0.4 is 5.32 Å². The van der Waals surface area contributed by atoms with Crippen molar-refractivity contribution in [3.05, 3.63) is 42.2 Å². The van der Waals surface area contributed by atoms with E-state index in [1.807, 2.05) is 13.0 Å². The summed E-state index contributed by atoms with van der Waals surface area (Å²) in [5.41, 5.74) is 3.14. The van der Waals surface area contributed by atoms with Crippen molar-refractivity contribution in [3.63, 3.8) is 0 Å². The molecule has 0 spiro atoms. The van der Waals surface area contributed by atoms with E-state index in [0.717, 1.165) is 32.9 Å². The van der Waals surface area contributed by atoms with E-state index >= 15 is 0 Å². The van der Waals surface area contributed by atoms with Gasteiger partial charge >= 0.3 is 0 Å². The number of nitrogens with zero attached hydrogens (tertiary/aromatic N) is 6. The van der Waals surface area contributed by atoms with Crippen molar-refractivity contribution in [1.29, 1.82) is 0 Å². The van der Waals surface area contributed by atoms with Crippen LogP contribution in [0, 0.1) is 6.92 Å². The number of hydrogen-bond donors (Lipinski definition) is 2. The molecule has 0 aliphatic carbocycles. The molecule has 4 rings (SSSR count). The van der Waals surface area contributed by atoms with Crippen LogP contribution in [0.3, 0.4) is 0 Å². The largest absolute Gasteiger partial charge is 0.342 e. The molecular formula is C18H20N8O2S. The number of H-pyrrole nitrogens is 1. The van der Waals surface area contributed by atoms with E-state index in [2.05, 4.69) is 44.2 Å². The molecule has 4 heterocycles. The van der Waals surface area contributed by atoms with Crippen molar-refractivity contribution in [2.75, 3.05) is 11.6 Å². The fourth-order valence-electron chi connectivity index (χ4n) is 2.93. The van der Waals surface area contributed by atoms with Gasteiger partial charge in [-0.3, -0.25) is 0 Å². The SMILES string of the molecule is Cc1nc2c(C(C)C)nc(Nc3ccnc(-c4cnn(S(C)(=O)=O)c4)n3)cc2[nH]1. The Balaban J connectivity index is 1.69. The Bertz CT molecular complexity index is 1310. The molecule has 0 aliphatic rings. The van der Waals surface area contributed by atoms with E-state index in [1.54, 1.807) is 12.3 Å². The second-order valence-electron chi connectivity index (χ2n) is 7.02. The second-order valence-corrected chi connectivity index (χ2v) is 8.86. The third-order valence-electron chi connectivity index (χ3n) is 4.23. The molecule has 0 bridgehead atoms. The van der Waals surface area contributed by atoms with Gasteiger partial charge in [0.1, 0.15) is 23.0 Å². The maximum absolute atomic E-state index is 11.6. The molecule has 150 valence electrons. The molecule has 0 radical (unpaired) electrons. The van der Waals surface area contributed by atoms with Crippen molar-refractivity contribution < 1.29 is 8.42 Å². The minimum atomic E-state index is -3.47. The summed E-state index contributed by atoms with van der Waals surface area (Å²) in [6, 6.07) is 3.59. The number of aryl methyl sites for hydroxylation is 1. The molecule has 10 nitrogen and oxygen atoms in total. The molecule has 0 atom stereocenters. The smallest absolute Gasteiger partial charge is 0.250 e. The minimum Gasteiger partial charge on any atom is -0.342 e. The Morgan fingerprint density at radius 3 is 2.66 bits per heavy atom. The molecule has 4 aromatic heterocycles. The highest BCUT2D eigenvalue weighted by molar-refractivity contribution is 7.89. The lowest BCUT2D eigenvalue weighted by atomic mass is 10.1. The Morgan fingerprint density at radius 2 is 1.97 bits per heavy atom. The van der Waals surface area contributed by atoms with E-state index in [1.165, 1.54) is 12.4 Å². The molecule has 0 saturated carbocycles. The molecule has 0 saturated heterocycles. The molecular weight excluding hydrogens is 392 g/mol. The average Bonchev–Trinajstić information content (AvgIpc) is 3.27. The predicted molar refractivity (Wildman–Crippen MR) is 109 cm³/mol. The molecule has 0 fully saturated rings. The number of hydrogen-bond acceptors (Lipinski definition) is 8. The van der Waals surface area contributed by atoms with Crippen LogP contribution in [-0.4, -0.2) is 48.8 Å². The van der Waals surface area contributed by atoms with Gasteiger partial charge in [-0.25, -0.2) is 28.4 Å². The maximum Gasteiger partial charge on any atom is 0.250 e. The summed E-state index contributed by atoms with van der Waals surface area (Å²) >= 11 is 0. The van der Waals surface area contributed by atoms with Gasteiger partial charge in [0.05, 0.1) is 35.4 Å². The molecule has 0 unspecified atom stereocenters. The van der Waals surface area contributed by atoms with Gasteiger partial charge in [-0.2, -0.15) is 9.19 Å². The summed E-state index contributed by atoms with van der Waals surface area (Å²) in [7, 11) is -3.47. The first kappa shape index (κ1) is 19.0. The van der Waals surface area contributed by atoms with Gasteiger partial charge < -0.3 is 10.3 Å². The maximum atomic E-state index is 11.6.